The first-order valence-corrected chi connectivity index (χ1v) is 6.67. The molecule has 18 heavy (non-hydrogen) atoms. The lowest BCUT2D eigenvalue weighted by molar-refractivity contribution is 0.0576. The number of ether oxygens (including phenoxy) is 1. The molecule has 1 aromatic rings. The molecule has 2 heterocycles. The van der Waals surface area contributed by atoms with Crippen LogP contribution in [0.25, 0.3) is 0 Å². The number of pyridine rings is 1. The molecule has 0 aromatic carbocycles. The number of nitrogens with zero attached hydrogens (tertiary/aromatic N) is 2. The topological polar surface area (TPSA) is 51.4 Å². The Bertz CT molecular complexity index is 375. The Labute approximate surface area is 109 Å². The van der Waals surface area contributed by atoms with Crippen LogP contribution in [0.3, 0.4) is 0 Å². The maximum Gasteiger partial charge on any atom is 0.128 e. The minimum absolute atomic E-state index is 0.0539. The molecule has 1 fully saturated rings. The van der Waals surface area contributed by atoms with Crippen molar-refractivity contribution in [3.63, 3.8) is 0 Å². The van der Waals surface area contributed by atoms with Crippen LogP contribution in [-0.4, -0.2) is 31.8 Å². The van der Waals surface area contributed by atoms with E-state index in [1.165, 1.54) is 12.8 Å². The Balaban J connectivity index is 1.99. The molecule has 0 bridgehead atoms. The molecule has 1 aliphatic heterocycles. The van der Waals surface area contributed by atoms with Gasteiger partial charge in [0.05, 0.1) is 6.61 Å². The van der Waals surface area contributed by atoms with Gasteiger partial charge < -0.3 is 15.4 Å². The van der Waals surface area contributed by atoms with Gasteiger partial charge in [-0.2, -0.15) is 0 Å². The molecule has 1 aromatic heterocycles. The van der Waals surface area contributed by atoms with Gasteiger partial charge in [0.25, 0.3) is 0 Å². The average molecular weight is 249 g/mol. The summed E-state index contributed by atoms with van der Waals surface area (Å²) in [5, 5.41) is 0. The van der Waals surface area contributed by atoms with Crippen LogP contribution >= 0.6 is 0 Å². The molecule has 0 radical (unpaired) electrons. The minimum atomic E-state index is 0.0539. The fraction of sp³-hybridized carbons (Fsp3) is 0.643. The lowest BCUT2D eigenvalue weighted by atomic mass is 10.0. The number of hydrogen-bond acceptors (Lipinski definition) is 4. The fourth-order valence-corrected chi connectivity index (χ4v) is 2.36. The number of rotatable bonds is 4. The second kappa shape index (κ2) is 6.16. The Hall–Kier alpha value is -1.13. The zero-order valence-corrected chi connectivity index (χ0v) is 11.3. The van der Waals surface area contributed by atoms with Crippen molar-refractivity contribution in [2.24, 2.45) is 11.7 Å². The highest BCUT2D eigenvalue weighted by Gasteiger charge is 2.16. The molecule has 1 saturated heterocycles. The highest BCUT2D eigenvalue weighted by Crippen LogP contribution is 2.19. The highest BCUT2D eigenvalue weighted by atomic mass is 16.5. The highest BCUT2D eigenvalue weighted by molar-refractivity contribution is 5.40. The Morgan fingerprint density at radius 2 is 2.44 bits per heavy atom. The van der Waals surface area contributed by atoms with Crippen molar-refractivity contribution in [3.8, 4) is 0 Å². The van der Waals surface area contributed by atoms with Gasteiger partial charge in [-0.1, -0.05) is 0 Å². The molecule has 2 unspecified atom stereocenters. The molecule has 0 aliphatic carbocycles. The first-order valence-electron chi connectivity index (χ1n) is 6.67. The van der Waals surface area contributed by atoms with Gasteiger partial charge in [-0.15, -0.1) is 0 Å². The molecular formula is C14H23N3O. The van der Waals surface area contributed by atoms with E-state index in [2.05, 4.69) is 23.0 Å². The molecule has 0 saturated carbocycles. The van der Waals surface area contributed by atoms with Crippen LogP contribution in [-0.2, 0) is 4.74 Å². The van der Waals surface area contributed by atoms with Crippen LogP contribution in [0.1, 0.15) is 31.4 Å². The summed E-state index contributed by atoms with van der Waals surface area (Å²) in [4.78, 5) is 6.62. The lowest BCUT2D eigenvalue weighted by Crippen LogP contribution is -2.31. The molecule has 2 N–H and O–H groups in total. The summed E-state index contributed by atoms with van der Waals surface area (Å²) < 4.78 is 5.51. The third-order valence-corrected chi connectivity index (χ3v) is 3.47. The SMILES string of the molecule is CC(N)c1ccnc(N(C)CC2CCCOC2)c1. The molecule has 0 spiro atoms. The Kier molecular flexibility index (Phi) is 4.55. The van der Waals surface area contributed by atoms with Crippen LogP contribution < -0.4 is 10.6 Å². The first-order chi connectivity index (χ1) is 8.66. The summed E-state index contributed by atoms with van der Waals surface area (Å²) in [6, 6.07) is 4.11. The Morgan fingerprint density at radius 3 is 3.11 bits per heavy atom. The van der Waals surface area contributed by atoms with Gasteiger partial charge >= 0.3 is 0 Å². The zero-order chi connectivity index (χ0) is 13.0. The number of anilines is 1. The van der Waals surface area contributed by atoms with Crippen molar-refractivity contribution in [2.75, 3.05) is 31.7 Å². The predicted octanol–water partition coefficient (Wildman–Crippen LogP) is 1.96. The van der Waals surface area contributed by atoms with Gasteiger partial charge in [0.1, 0.15) is 5.82 Å². The van der Waals surface area contributed by atoms with Crippen LogP contribution in [0.15, 0.2) is 18.3 Å². The fourth-order valence-electron chi connectivity index (χ4n) is 2.36. The average Bonchev–Trinajstić information content (AvgIpc) is 2.40. The molecule has 2 atom stereocenters. The van der Waals surface area contributed by atoms with Gasteiger partial charge in [-0.25, -0.2) is 4.98 Å². The summed E-state index contributed by atoms with van der Waals surface area (Å²) >= 11 is 0. The predicted molar refractivity (Wildman–Crippen MR) is 73.7 cm³/mol. The van der Waals surface area contributed by atoms with E-state index in [0.717, 1.165) is 31.1 Å². The molecule has 4 heteroatoms. The van der Waals surface area contributed by atoms with Crippen molar-refractivity contribution < 1.29 is 4.74 Å². The number of nitrogens with two attached hydrogens (primary N) is 1. The molecular weight excluding hydrogens is 226 g/mol. The van der Waals surface area contributed by atoms with Crippen molar-refractivity contribution in [2.45, 2.75) is 25.8 Å². The maximum absolute atomic E-state index is 5.90. The number of hydrogen-bond donors (Lipinski definition) is 1. The van der Waals surface area contributed by atoms with Crippen LogP contribution in [0.5, 0.6) is 0 Å². The van der Waals surface area contributed by atoms with Crippen molar-refractivity contribution in [1.29, 1.82) is 0 Å². The van der Waals surface area contributed by atoms with E-state index >= 15 is 0 Å². The molecule has 100 valence electrons. The van der Waals surface area contributed by atoms with Crippen LogP contribution in [0, 0.1) is 5.92 Å². The van der Waals surface area contributed by atoms with E-state index in [0.29, 0.717) is 5.92 Å². The minimum Gasteiger partial charge on any atom is -0.381 e. The van der Waals surface area contributed by atoms with E-state index in [1.807, 2.05) is 19.2 Å². The summed E-state index contributed by atoms with van der Waals surface area (Å²) in [7, 11) is 2.09. The largest absolute Gasteiger partial charge is 0.381 e. The monoisotopic (exact) mass is 249 g/mol. The van der Waals surface area contributed by atoms with E-state index in [9.17, 15) is 0 Å². The van der Waals surface area contributed by atoms with Crippen molar-refractivity contribution in [3.05, 3.63) is 23.9 Å². The summed E-state index contributed by atoms with van der Waals surface area (Å²) in [6.07, 6.45) is 4.25. The van der Waals surface area contributed by atoms with Crippen LogP contribution in [0.2, 0.25) is 0 Å². The smallest absolute Gasteiger partial charge is 0.128 e. The standard InChI is InChI=1S/C14H23N3O/c1-11(15)13-5-6-16-14(8-13)17(2)9-12-4-3-7-18-10-12/h5-6,8,11-12H,3-4,7,9-10,15H2,1-2H3. The van der Waals surface area contributed by atoms with Gasteiger partial charge in [0.15, 0.2) is 0 Å². The van der Waals surface area contributed by atoms with Gasteiger partial charge in [0, 0.05) is 32.4 Å². The normalized spacial score (nSPS) is 21.6. The lowest BCUT2D eigenvalue weighted by Gasteiger charge is -2.28. The maximum atomic E-state index is 5.90. The van der Waals surface area contributed by atoms with Crippen molar-refractivity contribution in [1.82, 2.24) is 4.98 Å². The van der Waals surface area contributed by atoms with E-state index < -0.39 is 0 Å². The third-order valence-electron chi connectivity index (χ3n) is 3.47. The second-order valence-corrected chi connectivity index (χ2v) is 5.20. The van der Waals surface area contributed by atoms with Gasteiger partial charge in [0.2, 0.25) is 0 Å². The molecule has 1 aliphatic rings. The third kappa shape index (κ3) is 3.43. The second-order valence-electron chi connectivity index (χ2n) is 5.20. The Morgan fingerprint density at radius 1 is 1.61 bits per heavy atom. The molecule has 2 rings (SSSR count). The summed E-state index contributed by atoms with van der Waals surface area (Å²) in [6.45, 7) is 4.78. The van der Waals surface area contributed by atoms with Crippen molar-refractivity contribution >= 4 is 5.82 Å². The van der Waals surface area contributed by atoms with E-state index in [4.69, 9.17) is 10.5 Å². The quantitative estimate of drug-likeness (QED) is 0.886. The van der Waals surface area contributed by atoms with E-state index in [1.54, 1.807) is 0 Å². The van der Waals surface area contributed by atoms with E-state index in [-0.39, 0.29) is 6.04 Å². The van der Waals surface area contributed by atoms with Gasteiger partial charge in [-0.05, 0) is 43.4 Å². The molecule has 0 amide bonds. The van der Waals surface area contributed by atoms with Crippen LogP contribution in [0.4, 0.5) is 5.82 Å². The summed E-state index contributed by atoms with van der Waals surface area (Å²) in [5.74, 6) is 1.61. The zero-order valence-electron chi connectivity index (χ0n) is 11.3. The first kappa shape index (κ1) is 13.3. The molecule has 4 nitrogen and oxygen atoms in total. The number of aromatic nitrogens is 1. The summed E-state index contributed by atoms with van der Waals surface area (Å²) in [5.41, 5.74) is 7.03. The van der Waals surface area contributed by atoms with Gasteiger partial charge in [-0.3, -0.25) is 0 Å².